The van der Waals surface area contributed by atoms with Crippen LogP contribution in [0.1, 0.15) is 0 Å². The van der Waals surface area contributed by atoms with Crippen molar-refractivity contribution in [2.75, 3.05) is 0 Å². The molecule has 0 saturated carbocycles. The molecule has 0 unspecified atom stereocenters. The smallest absolute Gasteiger partial charge is 0.0787 e. The summed E-state index contributed by atoms with van der Waals surface area (Å²) in [6.07, 6.45) is 4.46. The van der Waals surface area contributed by atoms with Gasteiger partial charge in [0.05, 0.1) is 5.36 Å². The van der Waals surface area contributed by atoms with E-state index < -0.39 is 0 Å². The first-order valence-electron chi connectivity index (χ1n) is 3.76. The van der Waals surface area contributed by atoms with Crippen LogP contribution in [0, 0.1) is 5.41 Å². The molecular formula is C10H8N2. The van der Waals surface area contributed by atoms with Gasteiger partial charge in [0, 0.05) is 23.2 Å². The van der Waals surface area contributed by atoms with Crippen LogP contribution in [-0.2, 0) is 0 Å². The van der Waals surface area contributed by atoms with E-state index in [2.05, 4.69) is 4.99 Å². The molecule has 0 atom stereocenters. The molecule has 0 aliphatic carbocycles. The first kappa shape index (κ1) is 6.98. The number of benzene rings is 1. The third-order valence-corrected chi connectivity index (χ3v) is 1.76. The zero-order valence-electron chi connectivity index (χ0n) is 6.49. The van der Waals surface area contributed by atoms with Gasteiger partial charge in [0.25, 0.3) is 0 Å². The molecule has 0 heterocycles. The lowest BCUT2D eigenvalue weighted by Gasteiger charge is -1.67. The maximum atomic E-state index is 6.75. The van der Waals surface area contributed by atoms with E-state index in [4.69, 9.17) is 5.41 Å². The Morgan fingerprint density at radius 2 is 1.83 bits per heavy atom. The summed E-state index contributed by atoms with van der Waals surface area (Å²) in [5, 5.41) is 10.3. The molecule has 58 valence electrons. The Morgan fingerprint density at radius 3 is 2.42 bits per heavy atom. The van der Waals surface area contributed by atoms with Gasteiger partial charge in [-0.05, 0) is 6.08 Å². The Morgan fingerprint density at radius 1 is 1.17 bits per heavy atom. The van der Waals surface area contributed by atoms with E-state index in [-0.39, 0.29) is 0 Å². The Balaban J connectivity index is 2.39. The second-order valence-corrected chi connectivity index (χ2v) is 2.53. The van der Waals surface area contributed by atoms with Gasteiger partial charge in [-0.1, -0.05) is 24.3 Å². The van der Waals surface area contributed by atoms with Gasteiger partial charge in [0.1, 0.15) is 0 Å². The van der Waals surface area contributed by atoms with E-state index in [1.54, 1.807) is 12.3 Å². The third kappa shape index (κ3) is 1.07. The molecule has 0 amide bonds. The highest BCUT2D eigenvalue weighted by molar-refractivity contribution is 5.96. The van der Waals surface area contributed by atoms with Crippen molar-refractivity contribution in [1.29, 1.82) is 5.41 Å². The first-order valence-corrected chi connectivity index (χ1v) is 3.76. The predicted molar refractivity (Wildman–Crippen MR) is 49.8 cm³/mol. The van der Waals surface area contributed by atoms with E-state index in [0.29, 0.717) is 0 Å². The number of hydrogen-bond donors (Lipinski definition) is 1. The molecule has 2 nitrogen and oxygen atoms in total. The van der Waals surface area contributed by atoms with Crippen LogP contribution in [0.25, 0.3) is 10.8 Å². The summed E-state index contributed by atoms with van der Waals surface area (Å²) in [4.78, 5) is 4.18. The summed E-state index contributed by atoms with van der Waals surface area (Å²) in [5.74, 6) is 0. The van der Waals surface area contributed by atoms with Gasteiger partial charge in [-0.2, -0.15) is 0 Å². The standard InChI is InChI=1S/C10H8N2/c11-6-3-7-12-10-8-4-1-2-5-9(8)10/h1-7,11H/b7-3-,11-6?. The van der Waals surface area contributed by atoms with E-state index in [1.807, 2.05) is 24.3 Å². The zero-order valence-corrected chi connectivity index (χ0v) is 6.49. The number of hydrogen-bond acceptors (Lipinski definition) is 2. The Bertz CT molecular complexity index is 426. The van der Waals surface area contributed by atoms with Crippen molar-refractivity contribution in [3.8, 4) is 0 Å². The minimum Gasteiger partial charge on any atom is -0.309 e. The van der Waals surface area contributed by atoms with Crippen molar-refractivity contribution in [2.24, 2.45) is 4.99 Å². The largest absolute Gasteiger partial charge is 0.309 e. The number of allylic oxidation sites excluding steroid dienone is 1. The van der Waals surface area contributed by atoms with Crippen molar-refractivity contribution in [3.05, 3.63) is 41.9 Å². The Labute approximate surface area is 70.1 Å². The Hall–Kier alpha value is -1.70. The van der Waals surface area contributed by atoms with E-state index in [0.717, 1.165) is 5.36 Å². The molecule has 0 bridgehead atoms. The molecule has 0 aliphatic rings. The molecule has 2 rings (SSSR count). The summed E-state index contributed by atoms with van der Waals surface area (Å²) < 4.78 is 0. The van der Waals surface area contributed by atoms with Gasteiger partial charge in [0.2, 0.25) is 0 Å². The minimum atomic E-state index is 1.05. The lowest BCUT2D eigenvalue weighted by molar-refractivity contribution is 1.46. The zero-order chi connectivity index (χ0) is 8.39. The summed E-state index contributed by atoms with van der Waals surface area (Å²) in [7, 11) is 0. The average molecular weight is 156 g/mol. The van der Waals surface area contributed by atoms with Gasteiger partial charge in [-0.15, -0.1) is 0 Å². The van der Waals surface area contributed by atoms with E-state index in [1.165, 1.54) is 17.0 Å². The SMILES string of the molecule is N=C/C=C\N=c1c2ccccc12. The molecular weight excluding hydrogens is 148 g/mol. The fourth-order valence-corrected chi connectivity index (χ4v) is 1.15. The molecule has 0 spiro atoms. The molecule has 0 radical (unpaired) electrons. The van der Waals surface area contributed by atoms with Gasteiger partial charge >= 0.3 is 0 Å². The number of fused-ring (bicyclic) bond motifs is 1. The highest BCUT2D eigenvalue weighted by Gasteiger charge is 2.05. The quantitative estimate of drug-likeness (QED) is 0.643. The van der Waals surface area contributed by atoms with Crippen LogP contribution in [0.5, 0.6) is 0 Å². The third-order valence-electron chi connectivity index (χ3n) is 1.76. The Kier molecular flexibility index (Phi) is 1.59. The summed E-state index contributed by atoms with van der Waals surface area (Å²) in [5.41, 5.74) is 0. The van der Waals surface area contributed by atoms with Gasteiger partial charge < -0.3 is 5.41 Å². The highest BCUT2D eigenvalue weighted by atomic mass is 14.7. The van der Waals surface area contributed by atoms with E-state index in [9.17, 15) is 0 Å². The second kappa shape index (κ2) is 2.74. The lowest BCUT2D eigenvalue weighted by Crippen LogP contribution is -1.76. The van der Waals surface area contributed by atoms with Crippen LogP contribution in [0.4, 0.5) is 0 Å². The average Bonchev–Trinajstić information content (AvgIpc) is 2.80. The number of nitrogens with one attached hydrogen (secondary N) is 1. The topological polar surface area (TPSA) is 36.2 Å². The van der Waals surface area contributed by atoms with Crippen molar-refractivity contribution in [1.82, 2.24) is 0 Å². The van der Waals surface area contributed by atoms with Crippen molar-refractivity contribution >= 4 is 17.0 Å². The van der Waals surface area contributed by atoms with Crippen LogP contribution in [-0.4, -0.2) is 6.21 Å². The molecule has 0 aliphatic heterocycles. The van der Waals surface area contributed by atoms with E-state index >= 15 is 0 Å². The summed E-state index contributed by atoms with van der Waals surface area (Å²) >= 11 is 0. The normalized spacial score (nSPS) is 11.3. The number of rotatable bonds is 2. The predicted octanol–water partition coefficient (Wildman–Crippen LogP) is 1.78. The molecule has 2 heteroatoms. The van der Waals surface area contributed by atoms with Crippen LogP contribution < -0.4 is 5.36 Å². The van der Waals surface area contributed by atoms with Crippen LogP contribution in [0.3, 0.4) is 0 Å². The van der Waals surface area contributed by atoms with Crippen LogP contribution in [0.15, 0.2) is 41.5 Å². The molecule has 12 heavy (non-hydrogen) atoms. The van der Waals surface area contributed by atoms with Crippen molar-refractivity contribution in [2.45, 2.75) is 0 Å². The molecule has 2 aromatic rings. The van der Waals surface area contributed by atoms with Gasteiger partial charge in [-0.3, -0.25) is 4.99 Å². The molecule has 2 aromatic carbocycles. The van der Waals surface area contributed by atoms with Crippen molar-refractivity contribution in [3.63, 3.8) is 0 Å². The van der Waals surface area contributed by atoms with Crippen molar-refractivity contribution < 1.29 is 0 Å². The first-order chi connectivity index (χ1) is 5.93. The summed E-state index contributed by atoms with van der Waals surface area (Å²) in [6.45, 7) is 0. The maximum absolute atomic E-state index is 6.75. The lowest BCUT2D eigenvalue weighted by atomic mass is 10.4. The minimum absolute atomic E-state index is 1.05. The fourth-order valence-electron chi connectivity index (χ4n) is 1.15. The van der Waals surface area contributed by atoms with Gasteiger partial charge in [-0.25, -0.2) is 0 Å². The second-order valence-electron chi connectivity index (χ2n) is 2.53. The molecule has 0 saturated heterocycles. The molecule has 0 aromatic heterocycles. The fraction of sp³-hybridized carbons (Fsp3) is 0. The summed E-state index contributed by atoms with van der Waals surface area (Å²) in [6, 6.07) is 8.10. The number of nitrogens with zero attached hydrogens (tertiary/aromatic N) is 1. The molecule has 1 N–H and O–H groups in total. The van der Waals surface area contributed by atoms with Crippen LogP contribution >= 0.6 is 0 Å². The monoisotopic (exact) mass is 156 g/mol. The highest BCUT2D eigenvalue weighted by Crippen LogP contribution is 2.12. The molecule has 0 fully saturated rings. The van der Waals surface area contributed by atoms with Crippen LogP contribution in [0.2, 0.25) is 0 Å². The maximum Gasteiger partial charge on any atom is 0.0787 e. The van der Waals surface area contributed by atoms with Gasteiger partial charge in [0.15, 0.2) is 0 Å².